The number of rotatable bonds is 6. The van der Waals surface area contributed by atoms with E-state index in [2.05, 4.69) is 21.0 Å². The SMILES string of the molecule is O=c1c2ccccc2nc(-c2cc3ccccc3o2)n1N=Cc1ccc(OCc2ccc(F)cc2)c(Br)c1. The van der Waals surface area contributed by atoms with Crippen molar-refractivity contribution in [3.63, 3.8) is 0 Å². The van der Waals surface area contributed by atoms with Gasteiger partial charge in [0.05, 0.1) is 21.6 Å². The largest absolute Gasteiger partial charge is 0.488 e. The lowest BCUT2D eigenvalue weighted by atomic mass is 10.2. The molecule has 0 fully saturated rings. The van der Waals surface area contributed by atoms with Crippen molar-refractivity contribution in [3.05, 3.63) is 129 Å². The monoisotopic (exact) mass is 567 g/mol. The predicted molar refractivity (Wildman–Crippen MR) is 149 cm³/mol. The topological polar surface area (TPSA) is 69.6 Å². The van der Waals surface area contributed by atoms with E-state index in [1.807, 2.05) is 48.5 Å². The molecule has 6 nitrogen and oxygen atoms in total. The zero-order valence-corrected chi connectivity index (χ0v) is 21.4. The van der Waals surface area contributed by atoms with E-state index < -0.39 is 0 Å². The van der Waals surface area contributed by atoms with Gasteiger partial charge in [-0.2, -0.15) is 9.78 Å². The molecule has 0 atom stereocenters. The van der Waals surface area contributed by atoms with Crippen LogP contribution in [0, 0.1) is 5.82 Å². The molecule has 0 aliphatic heterocycles. The van der Waals surface area contributed by atoms with Gasteiger partial charge < -0.3 is 9.15 Å². The van der Waals surface area contributed by atoms with Crippen molar-refractivity contribution in [1.29, 1.82) is 0 Å². The maximum Gasteiger partial charge on any atom is 0.282 e. The highest BCUT2D eigenvalue weighted by Crippen LogP contribution is 2.28. The molecule has 0 aliphatic rings. The molecule has 0 amide bonds. The molecule has 0 saturated heterocycles. The van der Waals surface area contributed by atoms with Gasteiger partial charge in [-0.1, -0.05) is 42.5 Å². The molecule has 2 aromatic heterocycles. The first-order valence-corrected chi connectivity index (χ1v) is 12.6. The third kappa shape index (κ3) is 4.73. The molecule has 8 heteroatoms. The second-order valence-corrected chi connectivity index (χ2v) is 9.42. The highest BCUT2D eigenvalue weighted by Gasteiger charge is 2.16. The van der Waals surface area contributed by atoms with Crippen LogP contribution >= 0.6 is 15.9 Å². The van der Waals surface area contributed by atoms with Gasteiger partial charge in [-0.3, -0.25) is 4.79 Å². The Hall–Kier alpha value is -4.56. The van der Waals surface area contributed by atoms with E-state index in [9.17, 15) is 9.18 Å². The summed E-state index contributed by atoms with van der Waals surface area (Å²) in [6, 6.07) is 28.2. The number of ether oxygens (including phenoxy) is 1. The minimum atomic E-state index is -0.305. The van der Waals surface area contributed by atoms with Crippen molar-refractivity contribution in [2.24, 2.45) is 5.10 Å². The zero-order valence-electron chi connectivity index (χ0n) is 19.8. The maximum absolute atomic E-state index is 13.4. The Labute approximate surface area is 224 Å². The molecule has 0 unspecified atom stereocenters. The molecule has 6 aromatic rings. The Bertz CT molecular complexity index is 1840. The van der Waals surface area contributed by atoms with Gasteiger partial charge >= 0.3 is 0 Å². The number of fused-ring (bicyclic) bond motifs is 2. The van der Waals surface area contributed by atoms with Crippen molar-refractivity contribution in [2.45, 2.75) is 6.61 Å². The minimum Gasteiger partial charge on any atom is -0.488 e. The molecule has 0 bridgehead atoms. The predicted octanol–water partition coefficient (Wildman–Crippen LogP) is 7.17. The van der Waals surface area contributed by atoms with Gasteiger partial charge in [-0.15, -0.1) is 0 Å². The van der Waals surface area contributed by atoms with Gasteiger partial charge in [0.25, 0.3) is 5.56 Å². The van der Waals surface area contributed by atoms with Gasteiger partial charge in [0.2, 0.25) is 5.82 Å². The summed E-state index contributed by atoms with van der Waals surface area (Å²) in [5.41, 5.74) is 2.54. The summed E-state index contributed by atoms with van der Waals surface area (Å²) in [5.74, 6) is 1.08. The lowest BCUT2D eigenvalue weighted by Gasteiger charge is -2.09. The van der Waals surface area contributed by atoms with E-state index in [-0.39, 0.29) is 11.4 Å². The first-order chi connectivity index (χ1) is 18.5. The average molecular weight is 568 g/mol. The molecule has 186 valence electrons. The molecule has 0 spiro atoms. The Balaban J connectivity index is 1.34. The second kappa shape index (κ2) is 10.1. The van der Waals surface area contributed by atoms with Crippen LogP contribution in [0.2, 0.25) is 0 Å². The molecule has 4 aromatic carbocycles. The summed E-state index contributed by atoms with van der Waals surface area (Å²) in [4.78, 5) is 18.1. The van der Waals surface area contributed by atoms with E-state index >= 15 is 0 Å². The summed E-state index contributed by atoms with van der Waals surface area (Å²) < 4.78 is 27.0. The first kappa shape index (κ1) is 23.8. The molecule has 0 N–H and O–H groups in total. The highest BCUT2D eigenvalue weighted by atomic mass is 79.9. The quantitative estimate of drug-likeness (QED) is 0.200. The van der Waals surface area contributed by atoms with Crippen LogP contribution in [-0.2, 0) is 6.61 Å². The third-order valence-electron chi connectivity index (χ3n) is 5.99. The summed E-state index contributed by atoms with van der Waals surface area (Å²) in [5, 5.41) is 5.86. The van der Waals surface area contributed by atoms with Gasteiger partial charge in [-0.05, 0) is 81.7 Å². The molecule has 0 saturated carbocycles. The Morgan fingerprint density at radius 1 is 0.974 bits per heavy atom. The number of aromatic nitrogens is 2. The standard InChI is InChI=1S/C30H19BrFN3O3/c31-24-15-20(11-14-27(24)37-18-19-9-12-22(32)13-10-19)17-33-35-29(28-16-21-5-1-4-8-26(21)38-28)34-25-7-3-2-6-23(25)30(35)36/h1-17H,18H2. The van der Waals surface area contributed by atoms with Crippen molar-refractivity contribution in [3.8, 4) is 17.3 Å². The highest BCUT2D eigenvalue weighted by molar-refractivity contribution is 9.10. The third-order valence-corrected chi connectivity index (χ3v) is 6.61. The summed E-state index contributed by atoms with van der Waals surface area (Å²) >= 11 is 3.53. The number of para-hydroxylation sites is 2. The summed E-state index contributed by atoms with van der Waals surface area (Å²) in [7, 11) is 0. The van der Waals surface area contributed by atoms with E-state index in [1.54, 1.807) is 42.6 Å². The van der Waals surface area contributed by atoms with Crippen LogP contribution in [-0.4, -0.2) is 15.9 Å². The summed E-state index contributed by atoms with van der Waals surface area (Å²) in [6.45, 7) is 0.297. The average Bonchev–Trinajstić information content (AvgIpc) is 3.37. The van der Waals surface area contributed by atoms with Gasteiger partial charge in [0.1, 0.15) is 23.8 Å². The van der Waals surface area contributed by atoms with E-state index in [0.29, 0.717) is 44.9 Å². The molecule has 6 rings (SSSR count). The fraction of sp³-hybridized carbons (Fsp3) is 0.0333. The second-order valence-electron chi connectivity index (χ2n) is 8.57. The van der Waals surface area contributed by atoms with Gasteiger partial charge in [0, 0.05) is 5.39 Å². The van der Waals surface area contributed by atoms with Crippen LogP contribution in [0.5, 0.6) is 5.75 Å². The minimum absolute atomic E-state index is 0.289. The van der Waals surface area contributed by atoms with Crippen LogP contribution in [0.1, 0.15) is 11.1 Å². The lowest BCUT2D eigenvalue weighted by molar-refractivity contribution is 0.304. The fourth-order valence-corrected chi connectivity index (χ4v) is 4.57. The first-order valence-electron chi connectivity index (χ1n) is 11.8. The van der Waals surface area contributed by atoms with E-state index in [1.165, 1.54) is 16.8 Å². The van der Waals surface area contributed by atoms with Gasteiger partial charge in [-0.25, -0.2) is 9.37 Å². The van der Waals surface area contributed by atoms with E-state index in [4.69, 9.17) is 14.1 Å². The van der Waals surface area contributed by atoms with E-state index in [0.717, 1.165) is 16.5 Å². The number of furan rings is 1. The Morgan fingerprint density at radius 3 is 2.58 bits per heavy atom. The van der Waals surface area contributed by atoms with Crippen molar-refractivity contribution < 1.29 is 13.5 Å². The molecule has 38 heavy (non-hydrogen) atoms. The Kier molecular flexibility index (Phi) is 6.31. The van der Waals surface area contributed by atoms with Crippen LogP contribution in [0.25, 0.3) is 33.5 Å². The summed E-state index contributed by atoms with van der Waals surface area (Å²) in [6.07, 6.45) is 1.58. The number of halogens is 2. The van der Waals surface area contributed by atoms with Crippen molar-refractivity contribution in [2.75, 3.05) is 0 Å². The number of hydrogen-bond acceptors (Lipinski definition) is 5. The Morgan fingerprint density at radius 2 is 1.76 bits per heavy atom. The lowest BCUT2D eigenvalue weighted by Crippen LogP contribution is -2.20. The van der Waals surface area contributed by atoms with Crippen LogP contribution in [0.15, 0.2) is 116 Å². The number of nitrogens with zero attached hydrogens (tertiary/aromatic N) is 3. The van der Waals surface area contributed by atoms with Crippen molar-refractivity contribution >= 4 is 44.0 Å². The molecular formula is C30H19BrFN3O3. The molecule has 0 aliphatic carbocycles. The van der Waals surface area contributed by atoms with Crippen LogP contribution < -0.4 is 10.3 Å². The number of hydrogen-bond donors (Lipinski definition) is 0. The molecule has 0 radical (unpaired) electrons. The van der Waals surface area contributed by atoms with Crippen LogP contribution in [0.3, 0.4) is 0 Å². The number of benzene rings is 4. The van der Waals surface area contributed by atoms with Gasteiger partial charge in [0.15, 0.2) is 5.76 Å². The van der Waals surface area contributed by atoms with Crippen LogP contribution in [0.4, 0.5) is 4.39 Å². The normalized spacial score (nSPS) is 11.5. The van der Waals surface area contributed by atoms with Crippen molar-refractivity contribution in [1.82, 2.24) is 9.66 Å². The zero-order chi connectivity index (χ0) is 26.1. The maximum atomic E-state index is 13.4. The molecule has 2 heterocycles. The fourth-order valence-electron chi connectivity index (χ4n) is 4.06. The smallest absolute Gasteiger partial charge is 0.282 e. The molecular weight excluding hydrogens is 549 g/mol.